The van der Waals surface area contributed by atoms with Crippen LogP contribution in [0.2, 0.25) is 0 Å². The van der Waals surface area contributed by atoms with Gasteiger partial charge in [-0.3, -0.25) is 4.79 Å². The topological polar surface area (TPSA) is 43.1 Å². The Labute approximate surface area is 111 Å². The maximum Gasteiger partial charge on any atom is 0.226 e. The van der Waals surface area contributed by atoms with Crippen LogP contribution in [0.25, 0.3) is 0 Å². The molecule has 3 heteroatoms. The van der Waals surface area contributed by atoms with Crippen LogP contribution in [0.4, 0.5) is 0 Å². The summed E-state index contributed by atoms with van der Waals surface area (Å²) in [7, 11) is 0. The minimum atomic E-state index is -0.518. The van der Waals surface area contributed by atoms with Crippen molar-refractivity contribution in [1.82, 2.24) is 0 Å². The molecule has 0 aliphatic heterocycles. The number of halogens is 1. The van der Waals surface area contributed by atoms with E-state index in [0.717, 1.165) is 11.1 Å². The number of primary amides is 1. The largest absolute Gasteiger partial charge is 0.369 e. The third kappa shape index (κ3) is 2.71. The second kappa shape index (κ2) is 5.69. The van der Waals surface area contributed by atoms with E-state index in [2.05, 4.69) is 0 Å². The molecule has 0 saturated heterocycles. The summed E-state index contributed by atoms with van der Waals surface area (Å²) in [4.78, 5) is 11.7. The molecule has 0 aliphatic rings. The van der Waals surface area contributed by atoms with Gasteiger partial charge in [-0.05, 0) is 11.1 Å². The lowest BCUT2D eigenvalue weighted by Gasteiger charge is -2.20. The molecule has 0 bridgehead atoms. The molecule has 0 spiro atoms. The maximum absolute atomic E-state index is 11.7. The van der Waals surface area contributed by atoms with Gasteiger partial charge in [0.1, 0.15) is 0 Å². The minimum absolute atomic E-state index is 0.412. The molecule has 2 rings (SSSR count). The zero-order valence-electron chi connectivity index (χ0n) is 9.79. The van der Waals surface area contributed by atoms with Gasteiger partial charge in [-0.15, -0.1) is 11.6 Å². The first kappa shape index (κ1) is 12.7. The summed E-state index contributed by atoms with van der Waals surface area (Å²) in [5.41, 5.74) is 7.22. The molecular formula is C15H14ClNO. The van der Waals surface area contributed by atoms with Crippen LogP contribution in [0.1, 0.15) is 22.4 Å². The molecule has 0 fully saturated rings. The molecule has 0 unspecified atom stereocenters. The van der Waals surface area contributed by atoms with E-state index >= 15 is 0 Å². The van der Waals surface area contributed by atoms with Gasteiger partial charge in [0.25, 0.3) is 0 Å². The van der Waals surface area contributed by atoms with Gasteiger partial charge in [0.2, 0.25) is 5.91 Å². The monoisotopic (exact) mass is 259 g/mol. The van der Waals surface area contributed by atoms with Crippen LogP contribution in [-0.4, -0.2) is 5.91 Å². The van der Waals surface area contributed by atoms with Crippen molar-refractivity contribution in [3.63, 3.8) is 0 Å². The Hall–Kier alpha value is -1.80. The highest BCUT2D eigenvalue weighted by Crippen LogP contribution is 2.35. The van der Waals surface area contributed by atoms with Crippen LogP contribution in [0.15, 0.2) is 60.7 Å². The molecule has 2 aromatic carbocycles. The Kier molecular flexibility index (Phi) is 4.00. The first-order valence-corrected chi connectivity index (χ1v) is 6.17. The molecule has 2 atom stereocenters. The SMILES string of the molecule is NC(=O)[C@H](c1ccccc1)[C@@H](Cl)c1ccccc1. The average molecular weight is 260 g/mol. The number of hydrogen-bond acceptors (Lipinski definition) is 1. The Morgan fingerprint density at radius 3 is 1.78 bits per heavy atom. The van der Waals surface area contributed by atoms with Gasteiger partial charge in [0.15, 0.2) is 0 Å². The number of amides is 1. The third-order valence-corrected chi connectivity index (χ3v) is 3.38. The average Bonchev–Trinajstić information content (AvgIpc) is 2.40. The molecule has 2 N–H and O–H groups in total. The van der Waals surface area contributed by atoms with Crippen LogP contribution < -0.4 is 5.73 Å². The van der Waals surface area contributed by atoms with E-state index < -0.39 is 17.2 Å². The lowest BCUT2D eigenvalue weighted by atomic mass is 9.91. The van der Waals surface area contributed by atoms with Gasteiger partial charge in [-0.25, -0.2) is 0 Å². The first-order chi connectivity index (χ1) is 8.70. The normalized spacial score (nSPS) is 13.8. The Balaban J connectivity index is 2.35. The zero-order chi connectivity index (χ0) is 13.0. The third-order valence-electron chi connectivity index (χ3n) is 2.88. The molecule has 0 saturated carbocycles. The first-order valence-electron chi connectivity index (χ1n) is 5.73. The Morgan fingerprint density at radius 2 is 1.33 bits per heavy atom. The second-order valence-electron chi connectivity index (χ2n) is 4.10. The number of carbonyl (C=O) groups excluding carboxylic acids is 1. The van der Waals surface area contributed by atoms with E-state index in [-0.39, 0.29) is 0 Å². The van der Waals surface area contributed by atoms with Gasteiger partial charge in [-0.1, -0.05) is 60.7 Å². The van der Waals surface area contributed by atoms with Crippen molar-refractivity contribution < 1.29 is 4.79 Å². The molecule has 18 heavy (non-hydrogen) atoms. The van der Waals surface area contributed by atoms with Crippen molar-refractivity contribution in [3.05, 3.63) is 71.8 Å². The molecule has 0 heterocycles. The van der Waals surface area contributed by atoms with Gasteiger partial charge < -0.3 is 5.73 Å². The molecule has 1 amide bonds. The van der Waals surface area contributed by atoms with Gasteiger partial charge in [-0.2, -0.15) is 0 Å². The lowest BCUT2D eigenvalue weighted by molar-refractivity contribution is -0.119. The van der Waals surface area contributed by atoms with Gasteiger partial charge in [0, 0.05) is 0 Å². The van der Waals surface area contributed by atoms with E-state index in [4.69, 9.17) is 17.3 Å². The summed E-state index contributed by atoms with van der Waals surface area (Å²) in [6.45, 7) is 0. The molecule has 0 radical (unpaired) electrons. The van der Waals surface area contributed by atoms with Crippen molar-refractivity contribution in [3.8, 4) is 0 Å². The fourth-order valence-corrected chi connectivity index (χ4v) is 2.38. The number of hydrogen-bond donors (Lipinski definition) is 1. The summed E-state index contributed by atoms with van der Waals surface area (Å²) >= 11 is 6.40. The molecule has 92 valence electrons. The predicted octanol–water partition coefficient (Wildman–Crippen LogP) is 3.24. The molecule has 0 aromatic heterocycles. The van der Waals surface area contributed by atoms with Crippen LogP contribution >= 0.6 is 11.6 Å². The highest BCUT2D eigenvalue weighted by atomic mass is 35.5. The van der Waals surface area contributed by atoms with Crippen LogP contribution in [0.3, 0.4) is 0 Å². The van der Waals surface area contributed by atoms with Crippen molar-refractivity contribution >= 4 is 17.5 Å². The highest BCUT2D eigenvalue weighted by molar-refractivity contribution is 6.23. The maximum atomic E-state index is 11.7. The molecular weight excluding hydrogens is 246 g/mol. The minimum Gasteiger partial charge on any atom is -0.369 e. The van der Waals surface area contributed by atoms with E-state index in [1.807, 2.05) is 60.7 Å². The van der Waals surface area contributed by atoms with E-state index in [9.17, 15) is 4.79 Å². The van der Waals surface area contributed by atoms with Crippen molar-refractivity contribution in [2.45, 2.75) is 11.3 Å². The smallest absolute Gasteiger partial charge is 0.226 e. The van der Waals surface area contributed by atoms with Crippen molar-refractivity contribution in [2.24, 2.45) is 5.73 Å². The summed E-state index contributed by atoms with van der Waals surface area (Å²) in [6.07, 6.45) is 0. The lowest BCUT2D eigenvalue weighted by Crippen LogP contribution is -2.24. The van der Waals surface area contributed by atoms with E-state index in [1.54, 1.807) is 0 Å². The van der Waals surface area contributed by atoms with Crippen LogP contribution in [0.5, 0.6) is 0 Å². The summed E-state index contributed by atoms with van der Waals surface area (Å²) in [5.74, 6) is -0.930. The predicted molar refractivity (Wildman–Crippen MR) is 73.4 cm³/mol. The summed E-state index contributed by atoms with van der Waals surface area (Å²) < 4.78 is 0. The van der Waals surface area contributed by atoms with Gasteiger partial charge >= 0.3 is 0 Å². The van der Waals surface area contributed by atoms with Crippen LogP contribution in [-0.2, 0) is 4.79 Å². The number of alkyl halides is 1. The number of nitrogens with two attached hydrogens (primary N) is 1. The van der Waals surface area contributed by atoms with Crippen molar-refractivity contribution in [1.29, 1.82) is 0 Å². The fraction of sp³-hybridized carbons (Fsp3) is 0.133. The van der Waals surface area contributed by atoms with Crippen LogP contribution in [0, 0.1) is 0 Å². The molecule has 2 nitrogen and oxygen atoms in total. The summed E-state index contributed by atoms with van der Waals surface area (Å²) in [5, 5.41) is -0.453. The number of benzene rings is 2. The number of rotatable bonds is 4. The Bertz CT molecular complexity index is 513. The standard InChI is InChI=1S/C15H14ClNO/c16-14(12-9-5-2-6-10-12)13(15(17)18)11-7-3-1-4-8-11/h1-10,13-14H,(H2,17,18)/t13-,14+/m1/s1. The summed E-state index contributed by atoms with van der Waals surface area (Å²) in [6, 6.07) is 18.9. The van der Waals surface area contributed by atoms with Gasteiger partial charge in [0.05, 0.1) is 11.3 Å². The molecule has 0 aliphatic carbocycles. The zero-order valence-corrected chi connectivity index (χ0v) is 10.5. The Morgan fingerprint density at radius 1 is 0.889 bits per heavy atom. The quantitative estimate of drug-likeness (QED) is 0.842. The number of carbonyl (C=O) groups is 1. The van der Waals surface area contributed by atoms with E-state index in [0.29, 0.717) is 0 Å². The highest BCUT2D eigenvalue weighted by Gasteiger charge is 2.27. The fourth-order valence-electron chi connectivity index (χ4n) is 1.97. The molecule has 2 aromatic rings. The van der Waals surface area contributed by atoms with E-state index in [1.165, 1.54) is 0 Å². The second-order valence-corrected chi connectivity index (χ2v) is 4.57. The van der Waals surface area contributed by atoms with Crippen molar-refractivity contribution in [2.75, 3.05) is 0 Å².